The molecule has 4 heteroatoms. The molecule has 0 radical (unpaired) electrons. The molecule has 1 aromatic heterocycles. The fraction of sp³-hybridized carbons (Fsp3) is 0.167. The number of hydrogen-bond acceptors (Lipinski definition) is 2. The zero-order chi connectivity index (χ0) is 15.5. The number of furan rings is 1. The molecule has 0 saturated carbocycles. The molecule has 2 amide bonds. The molecule has 0 aliphatic carbocycles. The minimum Gasteiger partial charge on any atom is -0.459 e. The van der Waals surface area contributed by atoms with E-state index in [1.165, 1.54) is 0 Å². The van der Waals surface area contributed by atoms with E-state index in [1.54, 1.807) is 0 Å². The number of urea groups is 1. The van der Waals surface area contributed by atoms with Crippen LogP contribution < -0.4 is 10.6 Å². The monoisotopic (exact) mass is 294 g/mol. The van der Waals surface area contributed by atoms with Gasteiger partial charge in [0.25, 0.3) is 0 Å². The van der Waals surface area contributed by atoms with Crippen molar-refractivity contribution in [3.8, 4) is 0 Å². The van der Waals surface area contributed by atoms with Crippen LogP contribution >= 0.6 is 0 Å². The Labute approximate surface area is 129 Å². The second-order valence-corrected chi connectivity index (χ2v) is 5.32. The summed E-state index contributed by atoms with van der Waals surface area (Å²) in [7, 11) is 0. The maximum atomic E-state index is 12.1. The fourth-order valence-electron chi connectivity index (χ4n) is 2.36. The maximum absolute atomic E-state index is 12.1. The van der Waals surface area contributed by atoms with Crippen molar-refractivity contribution in [1.29, 1.82) is 0 Å². The zero-order valence-corrected chi connectivity index (χ0v) is 12.6. The lowest BCUT2D eigenvalue weighted by Gasteiger charge is -2.13. The zero-order valence-electron chi connectivity index (χ0n) is 12.6. The Bertz CT molecular complexity index is 774. The van der Waals surface area contributed by atoms with Gasteiger partial charge in [-0.25, -0.2) is 4.79 Å². The molecule has 3 aromatic rings. The van der Waals surface area contributed by atoms with Crippen molar-refractivity contribution in [1.82, 2.24) is 5.32 Å². The fourth-order valence-corrected chi connectivity index (χ4v) is 2.36. The van der Waals surface area contributed by atoms with Crippen molar-refractivity contribution in [2.24, 2.45) is 0 Å². The lowest BCUT2D eigenvalue weighted by Crippen LogP contribution is -2.31. The van der Waals surface area contributed by atoms with Gasteiger partial charge >= 0.3 is 6.03 Å². The molecular weight excluding hydrogens is 276 g/mol. The topological polar surface area (TPSA) is 54.3 Å². The highest BCUT2D eigenvalue weighted by molar-refractivity contribution is 5.90. The summed E-state index contributed by atoms with van der Waals surface area (Å²) < 4.78 is 5.76. The molecule has 2 N–H and O–H groups in total. The van der Waals surface area contributed by atoms with E-state index < -0.39 is 0 Å². The summed E-state index contributed by atoms with van der Waals surface area (Å²) in [5.74, 6) is 0.737. The molecule has 2 aromatic carbocycles. The van der Waals surface area contributed by atoms with Gasteiger partial charge in [0.2, 0.25) is 0 Å². The van der Waals surface area contributed by atoms with Crippen LogP contribution in [-0.2, 0) is 0 Å². The van der Waals surface area contributed by atoms with Crippen LogP contribution in [0.4, 0.5) is 10.5 Å². The molecule has 1 atom stereocenters. The molecule has 112 valence electrons. The molecular formula is C18H18N2O2. The second-order valence-electron chi connectivity index (χ2n) is 5.32. The van der Waals surface area contributed by atoms with Crippen LogP contribution in [0.25, 0.3) is 11.0 Å². The number of fused-ring (bicyclic) bond motifs is 1. The average Bonchev–Trinajstić information content (AvgIpc) is 2.93. The maximum Gasteiger partial charge on any atom is 0.319 e. The molecule has 1 heterocycles. The summed E-state index contributed by atoms with van der Waals surface area (Å²) in [5, 5.41) is 6.77. The van der Waals surface area contributed by atoms with E-state index in [1.807, 2.05) is 68.4 Å². The lowest BCUT2D eigenvalue weighted by molar-refractivity contribution is 0.248. The Hall–Kier alpha value is -2.75. The van der Waals surface area contributed by atoms with Gasteiger partial charge in [-0.2, -0.15) is 0 Å². The summed E-state index contributed by atoms with van der Waals surface area (Å²) in [6, 6.07) is 17.0. The third-order valence-electron chi connectivity index (χ3n) is 3.61. The molecule has 0 aliphatic rings. The molecule has 0 spiro atoms. The number of benzene rings is 2. The van der Waals surface area contributed by atoms with Crippen LogP contribution in [0.15, 0.2) is 59.0 Å². The van der Waals surface area contributed by atoms with Gasteiger partial charge in [-0.15, -0.1) is 0 Å². The van der Waals surface area contributed by atoms with Crippen LogP contribution in [0.5, 0.6) is 0 Å². The number of nitrogens with one attached hydrogen (secondary N) is 2. The summed E-state index contributed by atoms with van der Waals surface area (Å²) in [6.07, 6.45) is 0. The van der Waals surface area contributed by atoms with Gasteiger partial charge in [0.15, 0.2) is 0 Å². The predicted molar refractivity (Wildman–Crippen MR) is 88.0 cm³/mol. The summed E-state index contributed by atoms with van der Waals surface area (Å²) in [4.78, 5) is 12.1. The first-order valence-corrected chi connectivity index (χ1v) is 7.25. The van der Waals surface area contributed by atoms with Gasteiger partial charge in [-0.05, 0) is 37.6 Å². The number of para-hydroxylation sites is 2. The minimum atomic E-state index is -0.248. The van der Waals surface area contributed by atoms with Crippen LogP contribution in [-0.4, -0.2) is 6.03 Å². The first-order valence-electron chi connectivity index (χ1n) is 7.25. The highest BCUT2D eigenvalue weighted by Gasteiger charge is 2.14. The predicted octanol–water partition coefficient (Wildman–Crippen LogP) is 4.62. The van der Waals surface area contributed by atoms with Gasteiger partial charge in [-0.1, -0.05) is 36.4 Å². The second kappa shape index (κ2) is 5.93. The Balaban J connectivity index is 1.69. The Morgan fingerprint density at radius 1 is 1.09 bits per heavy atom. The highest BCUT2D eigenvalue weighted by Crippen LogP contribution is 2.23. The number of rotatable bonds is 3. The number of amides is 2. The molecule has 3 rings (SSSR count). The van der Waals surface area contributed by atoms with Crippen LogP contribution in [0.3, 0.4) is 0 Å². The molecule has 0 saturated heterocycles. The number of aryl methyl sites for hydroxylation is 1. The van der Waals surface area contributed by atoms with Crippen LogP contribution in [0.2, 0.25) is 0 Å². The molecule has 0 aliphatic heterocycles. The van der Waals surface area contributed by atoms with Crippen molar-refractivity contribution in [3.05, 3.63) is 65.9 Å². The molecule has 1 unspecified atom stereocenters. The van der Waals surface area contributed by atoms with Gasteiger partial charge in [0.05, 0.1) is 6.04 Å². The third kappa shape index (κ3) is 2.96. The summed E-state index contributed by atoms with van der Waals surface area (Å²) >= 11 is 0. The van der Waals surface area contributed by atoms with Crippen molar-refractivity contribution >= 4 is 22.7 Å². The van der Waals surface area contributed by atoms with E-state index in [-0.39, 0.29) is 12.1 Å². The van der Waals surface area contributed by atoms with Gasteiger partial charge < -0.3 is 15.1 Å². The van der Waals surface area contributed by atoms with E-state index in [2.05, 4.69) is 10.6 Å². The van der Waals surface area contributed by atoms with Gasteiger partial charge in [0, 0.05) is 11.1 Å². The SMILES string of the molecule is Cc1ccccc1NC(=O)NC(C)c1cc2ccccc2o1. The standard InChI is InChI=1S/C18H18N2O2/c1-12-7-3-5-9-15(12)20-18(21)19-13(2)17-11-14-8-4-6-10-16(14)22-17/h3-11,13H,1-2H3,(H2,19,20,21). The Kier molecular flexibility index (Phi) is 3.83. The molecule has 22 heavy (non-hydrogen) atoms. The smallest absolute Gasteiger partial charge is 0.319 e. The number of carbonyl (C=O) groups is 1. The van der Waals surface area contributed by atoms with E-state index >= 15 is 0 Å². The number of carbonyl (C=O) groups excluding carboxylic acids is 1. The minimum absolute atomic E-state index is 0.212. The van der Waals surface area contributed by atoms with E-state index in [4.69, 9.17) is 4.42 Å². The highest BCUT2D eigenvalue weighted by atomic mass is 16.3. The van der Waals surface area contributed by atoms with E-state index in [0.29, 0.717) is 0 Å². The lowest BCUT2D eigenvalue weighted by atomic mass is 10.2. The normalized spacial score (nSPS) is 12.1. The number of anilines is 1. The van der Waals surface area contributed by atoms with E-state index in [9.17, 15) is 4.79 Å². The van der Waals surface area contributed by atoms with E-state index in [0.717, 1.165) is 28.0 Å². The molecule has 4 nitrogen and oxygen atoms in total. The molecule has 0 bridgehead atoms. The van der Waals surface area contributed by atoms with Gasteiger partial charge in [-0.3, -0.25) is 0 Å². The first kappa shape index (κ1) is 14.2. The van der Waals surface area contributed by atoms with Crippen LogP contribution in [0.1, 0.15) is 24.3 Å². The van der Waals surface area contributed by atoms with Crippen molar-refractivity contribution < 1.29 is 9.21 Å². The van der Waals surface area contributed by atoms with Crippen molar-refractivity contribution in [2.75, 3.05) is 5.32 Å². The van der Waals surface area contributed by atoms with Crippen LogP contribution in [0, 0.1) is 6.92 Å². The Morgan fingerprint density at radius 2 is 1.82 bits per heavy atom. The quantitative estimate of drug-likeness (QED) is 0.740. The van der Waals surface area contributed by atoms with Crippen molar-refractivity contribution in [3.63, 3.8) is 0 Å². The van der Waals surface area contributed by atoms with Gasteiger partial charge in [0.1, 0.15) is 11.3 Å². The summed E-state index contributed by atoms with van der Waals surface area (Å²) in [5.41, 5.74) is 2.65. The molecule has 0 fully saturated rings. The first-order chi connectivity index (χ1) is 10.6. The third-order valence-corrected chi connectivity index (χ3v) is 3.61. The average molecular weight is 294 g/mol. The number of hydrogen-bond donors (Lipinski definition) is 2. The Morgan fingerprint density at radius 3 is 2.59 bits per heavy atom. The largest absolute Gasteiger partial charge is 0.459 e. The summed E-state index contributed by atoms with van der Waals surface area (Å²) in [6.45, 7) is 3.85. The van der Waals surface area contributed by atoms with Crippen molar-refractivity contribution in [2.45, 2.75) is 19.9 Å².